The fraction of sp³-hybridized carbons (Fsp3) is 0.172. The van der Waals surface area contributed by atoms with Gasteiger partial charge in [0.05, 0.1) is 35.9 Å². The molecule has 4 aromatic rings. The first-order valence-corrected chi connectivity index (χ1v) is 12.5. The van der Waals surface area contributed by atoms with Crippen LogP contribution in [0.3, 0.4) is 0 Å². The van der Waals surface area contributed by atoms with Gasteiger partial charge in [-0.05, 0) is 48.4 Å². The lowest BCUT2D eigenvalue weighted by Crippen LogP contribution is -2.22. The fourth-order valence-corrected chi connectivity index (χ4v) is 4.31. The Kier molecular flexibility index (Phi) is 8.16. The number of aromatic nitrogens is 2. The van der Waals surface area contributed by atoms with Crippen molar-refractivity contribution in [3.8, 4) is 17.6 Å². The maximum atomic E-state index is 13.2. The van der Waals surface area contributed by atoms with E-state index < -0.39 is 0 Å². The zero-order chi connectivity index (χ0) is 26.4. The van der Waals surface area contributed by atoms with Crippen molar-refractivity contribution in [2.24, 2.45) is 5.10 Å². The molecule has 0 amide bonds. The van der Waals surface area contributed by atoms with Gasteiger partial charge in [0.2, 0.25) is 0 Å². The summed E-state index contributed by atoms with van der Waals surface area (Å²) in [7, 11) is 1.56. The molecule has 0 unspecified atom stereocenters. The molecule has 0 saturated carbocycles. The highest BCUT2D eigenvalue weighted by Gasteiger charge is 2.14. The monoisotopic (exact) mass is 556 g/mol. The molecule has 0 aliphatic heterocycles. The van der Waals surface area contributed by atoms with Crippen molar-refractivity contribution in [3.05, 3.63) is 110 Å². The molecule has 0 fully saturated rings. The van der Waals surface area contributed by atoms with E-state index in [1.165, 1.54) is 4.68 Å². The molecular weight excluding hydrogens is 532 g/mol. The molecule has 0 spiro atoms. The largest absolute Gasteiger partial charge is 0.493 e. The van der Waals surface area contributed by atoms with Gasteiger partial charge in [-0.3, -0.25) is 4.79 Å². The predicted octanol–water partition coefficient (Wildman–Crippen LogP) is 5.79. The number of allylic oxidation sites excluding steroid dienone is 1. The molecule has 0 radical (unpaired) electrons. The Balaban J connectivity index is 1.72. The predicted molar refractivity (Wildman–Crippen MR) is 148 cm³/mol. The van der Waals surface area contributed by atoms with Crippen LogP contribution in [0.2, 0.25) is 0 Å². The normalized spacial score (nSPS) is 11.0. The third-order valence-electron chi connectivity index (χ3n) is 5.76. The van der Waals surface area contributed by atoms with Crippen molar-refractivity contribution >= 4 is 33.0 Å². The molecule has 0 saturated heterocycles. The Bertz CT molecular complexity index is 1600. The van der Waals surface area contributed by atoms with Gasteiger partial charge in [-0.25, -0.2) is 4.98 Å². The average Bonchev–Trinajstić information content (AvgIpc) is 2.92. The van der Waals surface area contributed by atoms with Gasteiger partial charge in [0.1, 0.15) is 12.4 Å². The van der Waals surface area contributed by atoms with Crippen LogP contribution in [0.5, 0.6) is 11.5 Å². The lowest BCUT2D eigenvalue weighted by atomic mass is 10.1. The summed E-state index contributed by atoms with van der Waals surface area (Å²) in [5, 5.41) is 14.4. The summed E-state index contributed by atoms with van der Waals surface area (Å²) in [6.07, 6.45) is 4.45. The molecule has 37 heavy (non-hydrogen) atoms. The van der Waals surface area contributed by atoms with Crippen LogP contribution in [0.4, 0.5) is 0 Å². The number of nitrogens with zero attached hydrogens (tertiary/aromatic N) is 4. The van der Waals surface area contributed by atoms with Crippen molar-refractivity contribution < 1.29 is 9.47 Å². The van der Waals surface area contributed by atoms with Gasteiger partial charge in [0, 0.05) is 22.0 Å². The smallest absolute Gasteiger partial charge is 0.282 e. The molecule has 0 aliphatic rings. The molecule has 0 N–H and O–H groups in total. The summed E-state index contributed by atoms with van der Waals surface area (Å²) < 4.78 is 13.9. The summed E-state index contributed by atoms with van der Waals surface area (Å²) in [5.41, 5.74) is 3.29. The Morgan fingerprint density at radius 3 is 2.73 bits per heavy atom. The van der Waals surface area contributed by atoms with Crippen LogP contribution < -0.4 is 15.0 Å². The first-order valence-electron chi connectivity index (χ1n) is 11.7. The molecule has 4 rings (SSSR count). The number of methoxy groups -OCH3 is 1. The number of hydrogen-bond donors (Lipinski definition) is 0. The molecule has 0 bridgehead atoms. The van der Waals surface area contributed by atoms with E-state index in [2.05, 4.69) is 38.7 Å². The fourth-order valence-electron chi connectivity index (χ4n) is 3.95. The van der Waals surface area contributed by atoms with Crippen LogP contribution in [-0.2, 0) is 19.4 Å². The minimum atomic E-state index is -0.242. The van der Waals surface area contributed by atoms with E-state index in [9.17, 15) is 10.1 Å². The SMILES string of the molecule is C=CCc1cc(C=Nn2c(CC)nc3ccc(Br)cc3c2=O)cc(OC)c1OCc1ccccc1C#N. The van der Waals surface area contributed by atoms with Gasteiger partial charge in [-0.2, -0.15) is 15.0 Å². The topological polar surface area (TPSA) is 89.5 Å². The second kappa shape index (κ2) is 11.7. The van der Waals surface area contributed by atoms with E-state index in [4.69, 9.17) is 9.47 Å². The Morgan fingerprint density at radius 2 is 2.00 bits per heavy atom. The summed E-state index contributed by atoms with van der Waals surface area (Å²) in [5.74, 6) is 1.64. The number of benzene rings is 3. The second-order valence-corrected chi connectivity index (χ2v) is 9.08. The number of halogens is 1. The van der Waals surface area contributed by atoms with E-state index >= 15 is 0 Å². The molecular formula is C29H25BrN4O3. The second-order valence-electron chi connectivity index (χ2n) is 8.17. The molecule has 186 valence electrons. The van der Waals surface area contributed by atoms with Crippen LogP contribution in [0.1, 0.15) is 35.0 Å². The standard InChI is InChI=1S/C29H25BrN4O3/c1-4-8-20-13-19(14-26(36-3)28(20)37-18-22-10-7-6-9-21(22)16-31)17-32-34-27(5-2)33-25-12-11-23(30)15-24(25)29(34)35/h4,6-7,9-15,17H,1,5,8,18H2,2-3H3. The van der Waals surface area contributed by atoms with Crippen LogP contribution in [0.15, 0.2) is 81.6 Å². The first-order chi connectivity index (χ1) is 18.0. The first kappa shape index (κ1) is 25.9. The molecule has 8 heteroatoms. The van der Waals surface area contributed by atoms with Crippen molar-refractivity contribution in [2.45, 2.75) is 26.4 Å². The molecule has 0 aliphatic carbocycles. The third-order valence-corrected chi connectivity index (χ3v) is 6.26. The highest BCUT2D eigenvalue weighted by atomic mass is 79.9. The van der Waals surface area contributed by atoms with Gasteiger partial charge in [-0.15, -0.1) is 6.58 Å². The zero-order valence-electron chi connectivity index (χ0n) is 20.6. The van der Waals surface area contributed by atoms with Gasteiger partial charge in [0.15, 0.2) is 11.5 Å². The van der Waals surface area contributed by atoms with E-state index in [0.717, 1.165) is 21.2 Å². The molecule has 1 heterocycles. The zero-order valence-corrected chi connectivity index (χ0v) is 22.2. The molecule has 1 aromatic heterocycles. The average molecular weight is 557 g/mol. The number of aryl methyl sites for hydroxylation is 1. The van der Waals surface area contributed by atoms with E-state index in [0.29, 0.717) is 46.6 Å². The summed E-state index contributed by atoms with van der Waals surface area (Å²) in [6.45, 7) is 6.01. The van der Waals surface area contributed by atoms with Crippen LogP contribution >= 0.6 is 15.9 Å². The third kappa shape index (κ3) is 5.63. The Labute approximate surface area is 223 Å². The Morgan fingerprint density at radius 1 is 1.19 bits per heavy atom. The van der Waals surface area contributed by atoms with Crippen molar-refractivity contribution in [1.82, 2.24) is 9.66 Å². The summed E-state index contributed by atoms with van der Waals surface area (Å²) >= 11 is 3.42. The van der Waals surface area contributed by atoms with E-state index in [1.54, 1.807) is 37.6 Å². The number of rotatable bonds is 9. The maximum Gasteiger partial charge on any atom is 0.282 e. The van der Waals surface area contributed by atoms with Gasteiger partial charge < -0.3 is 9.47 Å². The van der Waals surface area contributed by atoms with Crippen molar-refractivity contribution in [1.29, 1.82) is 5.26 Å². The van der Waals surface area contributed by atoms with E-state index in [-0.39, 0.29) is 12.2 Å². The van der Waals surface area contributed by atoms with Crippen LogP contribution in [-0.4, -0.2) is 23.0 Å². The lowest BCUT2D eigenvalue weighted by Gasteiger charge is -2.16. The maximum absolute atomic E-state index is 13.2. The van der Waals surface area contributed by atoms with Crippen molar-refractivity contribution in [2.75, 3.05) is 7.11 Å². The minimum Gasteiger partial charge on any atom is -0.493 e. The van der Waals surface area contributed by atoms with Crippen LogP contribution in [0.25, 0.3) is 10.9 Å². The number of nitriles is 1. The van der Waals surface area contributed by atoms with Crippen LogP contribution in [0, 0.1) is 11.3 Å². The minimum absolute atomic E-state index is 0.214. The van der Waals surface area contributed by atoms with Gasteiger partial charge in [0.25, 0.3) is 5.56 Å². The van der Waals surface area contributed by atoms with E-state index in [1.807, 2.05) is 43.3 Å². The van der Waals surface area contributed by atoms with Gasteiger partial charge >= 0.3 is 0 Å². The molecule has 7 nitrogen and oxygen atoms in total. The van der Waals surface area contributed by atoms with Crippen molar-refractivity contribution in [3.63, 3.8) is 0 Å². The molecule has 3 aromatic carbocycles. The quantitative estimate of drug-likeness (QED) is 0.192. The number of fused-ring (bicyclic) bond motifs is 1. The highest BCUT2D eigenvalue weighted by Crippen LogP contribution is 2.34. The lowest BCUT2D eigenvalue weighted by molar-refractivity contribution is 0.281. The number of hydrogen-bond acceptors (Lipinski definition) is 6. The summed E-state index contributed by atoms with van der Waals surface area (Å²) in [4.78, 5) is 17.8. The molecule has 0 atom stereocenters. The number of ether oxygens (including phenoxy) is 2. The summed E-state index contributed by atoms with van der Waals surface area (Å²) in [6, 6.07) is 18.6. The Hall–Kier alpha value is -4.22. The highest BCUT2D eigenvalue weighted by molar-refractivity contribution is 9.10. The van der Waals surface area contributed by atoms with Gasteiger partial charge in [-0.1, -0.05) is 47.1 Å².